The van der Waals surface area contributed by atoms with E-state index in [9.17, 15) is 0 Å². The van der Waals surface area contributed by atoms with Gasteiger partial charge in [0.2, 0.25) is 0 Å². The molecule has 0 bridgehead atoms. The summed E-state index contributed by atoms with van der Waals surface area (Å²) in [6, 6.07) is 27.1. The lowest BCUT2D eigenvalue weighted by Crippen LogP contribution is -2.10. The Morgan fingerprint density at radius 1 is 0.382 bits per heavy atom. The van der Waals surface area contributed by atoms with E-state index in [2.05, 4.69) is 221 Å². The summed E-state index contributed by atoms with van der Waals surface area (Å²) < 4.78 is 2.14. The molecule has 55 heavy (non-hydrogen) atoms. The van der Waals surface area contributed by atoms with E-state index in [4.69, 9.17) is 0 Å². The van der Waals surface area contributed by atoms with Gasteiger partial charge in [-0.3, -0.25) is 4.99 Å². The molecule has 4 aliphatic rings. The Kier molecular flexibility index (Phi) is 10.1. The minimum Gasteiger partial charge on any atom is -0.378 e. The minimum absolute atomic E-state index is 1.00. The Labute approximate surface area is 328 Å². The predicted molar refractivity (Wildman–Crippen MR) is 240 cm³/mol. The summed E-state index contributed by atoms with van der Waals surface area (Å²) in [4.78, 5) is 12.9. The number of fused-ring (bicyclic) bond motifs is 6. The topological polar surface area (TPSA) is 28.3 Å². The molecule has 4 aliphatic carbocycles. The zero-order valence-corrected chi connectivity index (χ0v) is 34.2. The number of allylic oxidation sites excluding steroid dienone is 10. The van der Waals surface area contributed by atoms with E-state index in [1.54, 1.807) is 0 Å². The smallest absolute Gasteiger partial charge is 0.199 e. The van der Waals surface area contributed by atoms with Crippen LogP contribution in [0.1, 0.15) is 22.3 Å². The molecular weight excluding hydrogens is 673 g/mol. The highest BCUT2D eigenvalue weighted by Crippen LogP contribution is 2.50. The van der Waals surface area contributed by atoms with Crippen molar-refractivity contribution in [3.63, 3.8) is 0 Å². The molecule has 0 amide bonds. The van der Waals surface area contributed by atoms with E-state index < -0.39 is 0 Å². The highest BCUT2D eigenvalue weighted by molar-refractivity contribution is 6.10. The van der Waals surface area contributed by atoms with Crippen LogP contribution in [-0.4, -0.2) is 93.5 Å². The maximum absolute atomic E-state index is 4.27. The van der Waals surface area contributed by atoms with Crippen LogP contribution in [0.25, 0.3) is 33.4 Å². The lowest BCUT2D eigenvalue weighted by atomic mass is 9.94. The van der Waals surface area contributed by atoms with Crippen LogP contribution in [0.5, 0.6) is 0 Å². The van der Waals surface area contributed by atoms with Gasteiger partial charge < -0.3 is 19.6 Å². The van der Waals surface area contributed by atoms with Crippen LogP contribution in [0.4, 0.5) is 22.7 Å². The quantitative estimate of drug-likeness (QED) is 0.170. The Hall–Kier alpha value is -6.14. The Morgan fingerprint density at radius 2 is 0.673 bits per heavy atom. The van der Waals surface area contributed by atoms with Crippen LogP contribution in [0.2, 0.25) is 0 Å². The van der Waals surface area contributed by atoms with Crippen molar-refractivity contribution >= 4 is 45.3 Å². The number of anilines is 4. The third kappa shape index (κ3) is 7.01. The van der Waals surface area contributed by atoms with Crippen molar-refractivity contribution in [2.24, 2.45) is 4.99 Å². The van der Waals surface area contributed by atoms with Crippen molar-refractivity contribution in [2.75, 3.05) is 97.1 Å². The largest absolute Gasteiger partial charge is 0.378 e. The molecule has 6 nitrogen and oxygen atoms in total. The first-order valence-electron chi connectivity index (χ1n) is 18.9. The van der Waals surface area contributed by atoms with Crippen LogP contribution in [0, 0.1) is 0 Å². The van der Waals surface area contributed by atoms with Gasteiger partial charge in [0.15, 0.2) is 5.71 Å². The number of hydrogen-bond donors (Lipinski definition) is 0. The standard InChI is InChI=1S/C25H28N3.C24H25N3/c1-26(2)18-9-7-17(8-10-18)25-21-13-11-19(27(3)4)15-23(21)24-16-20(28(5)6)12-14-22(24)25;1-25-17-8-6-16(7-9-17)24-20-12-10-18(26(2)3)14-22(20)23-15-19(27(4)5)11-13-21(23)24/h7-16H,1-6H3;6-15H,1-5H3/q+1;. The zero-order valence-electron chi connectivity index (χ0n) is 34.2. The molecule has 0 unspecified atom stereocenters. The summed E-state index contributed by atoms with van der Waals surface area (Å²) >= 11 is 0. The van der Waals surface area contributed by atoms with Crippen molar-refractivity contribution in [2.45, 2.75) is 0 Å². The third-order valence-corrected chi connectivity index (χ3v) is 10.8. The van der Waals surface area contributed by atoms with Crippen LogP contribution < -0.4 is 19.6 Å². The molecule has 0 atom stereocenters. The maximum Gasteiger partial charge on any atom is 0.199 e. The number of benzene rings is 4. The molecule has 0 spiro atoms. The van der Waals surface area contributed by atoms with Gasteiger partial charge in [-0.1, -0.05) is 36.4 Å². The fraction of sp³-hybridized carbons (Fsp3) is 0.224. The van der Waals surface area contributed by atoms with E-state index in [0.29, 0.717) is 0 Å². The molecule has 0 heterocycles. The van der Waals surface area contributed by atoms with Gasteiger partial charge in [-0.05, 0) is 140 Å². The predicted octanol–water partition coefficient (Wildman–Crippen LogP) is 9.24. The average Bonchev–Trinajstić information content (AvgIpc) is 3.69. The molecule has 0 saturated carbocycles. The third-order valence-electron chi connectivity index (χ3n) is 10.8. The van der Waals surface area contributed by atoms with Gasteiger partial charge in [-0.15, -0.1) is 0 Å². The number of hydrogen-bond acceptors (Lipinski definition) is 5. The molecule has 4 aromatic rings. The molecule has 0 saturated heterocycles. The van der Waals surface area contributed by atoms with Gasteiger partial charge >= 0.3 is 0 Å². The Bertz CT molecular complexity index is 2300. The van der Waals surface area contributed by atoms with Gasteiger partial charge in [0, 0.05) is 98.3 Å². The second-order valence-corrected chi connectivity index (χ2v) is 15.5. The van der Waals surface area contributed by atoms with E-state index in [1.165, 1.54) is 95.3 Å². The van der Waals surface area contributed by atoms with Crippen LogP contribution in [0.15, 0.2) is 138 Å². The van der Waals surface area contributed by atoms with E-state index >= 15 is 0 Å². The first-order valence-corrected chi connectivity index (χ1v) is 18.9. The normalized spacial score (nSPS) is 14.3. The summed E-state index contributed by atoms with van der Waals surface area (Å²) in [7, 11) is 22.7. The molecule has 0 N–H and O–H groups in total. The summed E-state index contributed by atoms with van der Waals surface area (Å²) in [5.41, 5.74) is 22.7. The number of nitrogens with zero attached hydrogens (tertiary/aromatic N) is 6. The van der Waals surface area contributed by atoms with Gasteiger partial charge in [0.25, 0.3) is 0 Å². The molecule has 4 aromatic carbocycles. The van der Waals surface area contributed by atoms with Crippen LogP contribution in [-0.2, 0) is 0 Å². The molecule has 0 radical (unpaired) electrons. The first-order chi connectivity index (χ1) is 26.4. The summed E-state index contributed by atoms with van der Waals surface area (Å²) in [5.74, 6) is 0. The molecule has 6 heteroatoms. The number of rotatable bonds is 4. The lowest BCUT2D eigenvalue weighted by Gasteiger charge is -2.15. The lowest BCUT2D eigenvalue weighted by molar-refractivity contribution is -0.462. The van der Waals surface area contributed by atoms with E-state index in [-0.39, 0.29) is 0 Å². The minimum atomic E-state index is 1.00. The van der Waals surface area contributed by atoms with Gasteiger partial charge in [0.1, 0.15) is 14.1 Å². The van der Waals surface area contributed by atoms with Crippen LogP contribution in [0.3, 0.4) is 0 Å². The summed E-state index contributed by atoms with van der Waals surface area (Å²) in [6.45, 7) is 0. The van der Waals surface area contributed by atoms with E-state index in [0.717, 1.165) is 5.71 Å². The SMILES string of the molecule is CN(C)c1ccc2c(c1)-c1cc(N(C)C)ccc1C2=C1C=CC(=[N+](C)C)C=C1.CN=C1C=CC(=C2c3ccc(N(C)C)cc3-c3cc(N(C)C)ccc32)C=C1. The highest BCUT2D eigenvalue weighted by atomic mass is 15.1. The van der Waals surface area contributed by atoms with Gasteiger partial charge in [-0.2, -0.15) is 0 Å². The Morgan fingerprint density at radius 3 is 0.927 bits per heavy atom. The molecule has 0 aliphatic heterocycles. The summed E-state index contributed by atoms with van der Waals surface area (Å²) in [6.07, 6.45) is 17.4. The van der Waals surface area contributed by atoms with Crippen LogP contribution >= 0.6 is 0 Å². The number of aliphatic imine (C=N–C) groups is 1. The fourth-order valence-electron chi connectivity index (χ4n) is 7.62. The molecular formula is C49H53N6+. The molecule has 8 rings (SSSR count). The Balaban J connectivity index is 0.000000169. The highest BCUT2D eigenvalue weighted by Gasteiger charge is 2.28. The first kappa shape index (κ1) is 37.2. The second kappa shape index (κ2) is 14.9. The monoisotopic (exact) mass is 725 g/mol. The molecule has 0 aromatic heterocycles. The zero-order chi connectivity index (χ0) is 39.1. The van der Waals surface area contributed by atoms with E-state index in [1.807, 2.05) is 7.05 Å². The average molecular weight is 726 g/mol. The molecule has 0 fully saturated rings. The van der Waals surface area contributed by atoms with Gasteiger partial charge in [-0.25, -0.2) is 4.58 Å². The van der Waals surface area contributed by atoms with Gasteiger partial charge in [0.05, 0.1) is 5.71 Å². The molecule has 278 valence electrons. The van der Waals surface area contributed by atoms with Crippen molar-refractivity contribution in [3.05, 3.63) is 155 Å². The summed E-state index contributed by atoms with van der Waals surface area (Å²) in [5, 5.41) is 0. The van der Waals surface area contributed by atoms with Crippen molar-refractivity contribution < 1.29 is 4.58 Å². The maximum atomic E-state index is 4.27. The fourth-order valence-corrected chi connectivity index (χ4v) is 7.62. The van der Waals surface area contributed by atoms with Crippen molar-refractivity contribution in [1.29, 1.82) is 0 Å². The van der Waals surface area contributed by atoms with Crippen molar-refractivity contribution in [1.82, 2.24) is 0 Å². The van der Waals surface area contributed by atoms with Crippen molar-refractivity contribution in [3.8, 4) is 22.3 Å². The second-order valence-electron chi connectivity index (χ2n) is 15.5.